The molecule has 0 radical (unpaired) electrons. The fraction of sp³-hybridized carbons (Fsp3) is 0.833. The fourth-order valence-corrected chi connectivity index (χ4v) is 0.541. The minimum absolute atomic E-state index is 0.372. The van der Waals surface area contributed by atoms with Gasteiger partial charge >= 0.3 is 6.18 Å². The van der Waals surface area contributed by atoms with Gasteiger partial charge in [0, 0.05) is 13.0 Å². The molecule has 0 saturated heterocycles. The maximum absolute atomic E-state index is 11.5. The molecule has 0 heterocycles. The van der Waals surface area contributed by atoms with Gasteiger partial charge in [-0.05, 0) is 6.92 Å². The van der Waals surface area contributed by atoms with Crippen LogP contribution in [-0.4, -0.2) is 18.6 Å². The molecule has 0 aromatic heterocycles. The van der Waals surface area contributed by atoms with Gasteiger partial charge in [0.15, 0.2) is 0 Å². The Balaban J connectivity index is 3.46. The Morgan fingerprint density at radius 3 is 2.36 bits per heavy atom. The van der Waals surface area contributed by atoms with Crippen molar-refractivity contribution in [2.24, 2.45) is 0 Å². The van der Waals surface area contributed by atoms with Crippen molar-refractivity contribution >= 4 is 5.91 Å². The van der Waals surface area contributed by atoms with Gasteiger partial charge in [-0.15, -0.1) is 0 Å². The number of hydrogen-bond acceptors (Lipinski definition) is 1. The minimum atomic E-state index is -4.23. The van der Waals surface area contributed by atoms with E-state index in [2.05, 4.69) is 5.32 Å². The van der Waals surface area contributed by atoms with Gasteiger partial charge in [-0.2, -0.15) is 13.2 Å². The monoisotopic (exact) mass is 169 g/mol. The molecule has 66 valence electrons. The lowest BCUT2D eigenvalue weighted by Gasteiger charge is -2.04. The first-order valence-electron chi connectivity index (χ1n) is 3.29. The highest BCUT2D eigenvalue weighted by Gasteiger charge is 2.27. The van der Waals surface area contributed by atoms with E-state index in [9.17, 15) is 18.0 Å². The van der Waals surface area contributed by atoms with Gasteiger partial charge in [0.25, 0.3) is 0 Å². The molecule has 0 spiro atoms. The van der Waals surface area contributed by atoms with E-state index in [0.29, 0.717) is 6.54 Å². The van der Waals surface area contributed by atoms with Crippen LogP contribution in [0.3, 0.4) is 0 Å². The first-order valence-corrected chi connectivity index (χ1v) is 3.29. The molecule has 0 aromatic carbocycles. The third-order valence-electron chi connectivity index (χ3n) is 1.01. The molecule has 0 bridgehead atoms. The van der Waals surface area contributed by atoms with E-state index in [1.807, 2.05) is 0 Å². The Kier molecular flexibility index (Phi) is 3.92. The fourth-order valence-electron chi connectivity index (χ4n) is 0.541. The first-order chi connectivity index (χ1) is 4.95. The summed E-state index contributed by atoms with van der Waals surface area (Å²) in [5, 5.41) is 2.28. The second kappa shape index (κ2) is 4.20. The van der Waals surface area contributed by atoms with Crippen LogP contribution in [0, 0.1) is 0 Å². The standard InChI is InChI=1S/C6H10F3NO/c1-2-10-5(11)3-4-6(7,8)9/h2-4H2,1H3,(H,10,11). The zero-order valence-corrected chi connectivity index (χ0v) is 6.16. The van der Waals surface area contributed by atoms with Crippen LogP contribution in [-0.2, 0) is 4.79 Å². The molecular weight excluding hydrogens is 159 g/mol. The van der Waals surface area contributed by atoms with Crippen LogP contribution < -0.4 is 5.32 Å². The molecular formula is C6H10F3NO. The number of carbonyl (C=O) groups excluding carboxylic acids is 1. The predicted molar refractivity (Wildman–Crippen MR) is 34.0 cm³/mol. The van der Waals surface area contributed by atoms with Gasteiger partial charge in [-0.3, -0.25) is 4.79 Å². The predicted octanol–water partition coefficient (Wildman–Crippen LogP) is 1.47. The smallest absolute Gasteiger partial charge is 0.356 e. The summed E-state index contributed by atoms with van der Waals surface area (Å²) >= 11 is 0. The van der Waals surface area contributed by atoms with Crippen LogP contribution in [0.1, 0.15) is 19.8 Å². The Hall–Kier alpha value is -0.740. The van der Waals surface area contributed by atoms with Gasteiger partial charge in [0.2, 0.25) is 5.91 Å². The molecule has 11 heavy (non-hydrogen) atoms. The summed E-state index contributed by atoms with van der Waals surface area (Å²) in [6.07, 6.45) is -5.75. The number of alkyl halides is 3. The number of halogens is 3. The van der Waals surface area contributed by atoms with Crippen LogP contribution in [0.2, 0.25) is 0 Å². The summed E-state index contributed by atoms with van der Waals surface area (Å²) in [6, 6.07) is 0. The van der Waals surface area contributed by atoms with E-state index in [1.54, 1.807) is 6.92 Å². The van der Waals surface area contributed by atoms with Crippen molar-refractivity contribution in [1.29, 1.82) is 0 Å². The van der Waals surface area contributed by atoms with Crippen molar-refractivity contribution in [2.45, 2.75) is 25.9 Å². The SMILES string of the molecule is CCNC(=O)CCC(F)(F)F. The minimum Gasteiger partial charge on any atom is -0.356 e. The van der Waals surface area contributed by atoms with E-state index in [-0.39, 0.29) is 0 Å². The molecule has 5 heteroatoms. The van der Waals surface area contributed by atoms with E-state index >= 15 is 0 Å². The van der Waals surface area contributed by atoms with Crippen LogP contribution in [0.15, 0.2) is 0 Å². The van der Waals surface area contributed by atoms with Crippen LogP contribution in [0.25, 0.3) is 0 Å². The number of rotatable bonds is 3. The molecule has 0 fully saturated rings. The van der Waals surface area contributed by atoms with Gasteiger partial charge in [0.1, 0.15) is 0 Å². The molecule has 1 N–H and O–H groups in total. The summed E-state index contributed by atoms with van der Waals surface area (Å²) in [6.45, 7) is 2.03. The van der Waals surface area contributed by atoms with Gasteiger partial charge in [-0.25, -0.2) is 0 Å². The molecule has 0 saturated carbocycles. The highest BCUT2D eigenvalue weighted by molar-refractivity contribution is 5.75. The number of hydrogen-bond donors (Lipinski definition) is 1. The molecule has 0 unspecified atom stereocenters. The number of nitrogens with one attached hydrogen (secondary N) is 1. The van der Waals surface area contributed by atoms with Crippen molar-refractivity contribution < 1.29 is 18.0 Å². The van der Waals surface area contributed by atoms with Gasteiger partial charge in [-0.1, -0.05) is 0 Å². The lowest BCUT2D eigenvalue weighted by molar-refractivity contribution is -0.144. The second-order valence-corrected chi connectivity index (χ2v) is 2.07. The highest BCUT2D eigenvalue weighted by atomic mass is 19.4. The maximum Gasteiger partial charge on any atom is 0.389 e. The zero-order valence-electron chi connectivity index (χ0n) is 6.16. The van der Waals surface area contributed by atoms with E-state index in [0.717, 1.165) is 0 Å². The molecule has 0 aromatic rings. The number of carbonyl (C=O) groups is 1. The van der Waals surface area contributed by atoms with E-state index in [4.69, 9.17) is 0 Å². The molecule has 0 rings (SSSR count). The third-order valence-corrected chi connectivity index (χ3v) is 1.01. The summed E-state index contributed by atoms with van der Waals surface area (Å²) in [7, 11) is 0. The van der Waals surface area contributed by atoms with Crippen LogP contribution >= 0.6 is 0 Å². The summed E-state index contributed by atoms with van der Waals surface area (Å²) in [4.78, 5) is 10.5. The molecule has 0 aliphatic rings. The third kappa shape index (κ3) is 7.15. The molecule has 0 atom stereocenters. The summed E-state index contributed by atoms with van der Waals surface area (Å²) in [5.41, 5.74) is 0. The van der Waals surface area contributed by atoms with Crippen molar-refractivity contribution in [3.63, 3.8) is 0 Å². The highest BCUT2D eigenvalue weighted by Crippen LogP contribution is 2.20. The quantitative estimate of drug-likeness (QED) is 0.680. The molecule has 2 nitrogen and oxygen atoms in total. The van der Waals surface area contributed by atoms with Gasteiger partial charge < -0.3 is 5.32 Å². The van der Waals surface area contributed by atoms with Crippen molar-refractivity contribution in [1.82, 2.24) is 5.32 Å². The molecule has 0 aliphatic carbocycles. The van der Waals surface area contributed by atoms with Crippen LogP contribution in [0.5, 0.6) is 0 Å². The Bertz CT molecular complexity index is 132. The largest absolute Gasteiger partial charge is 0.389 e. The zero-order chi connectivity index (χ0) is 8.91. The number of amides is 1. The maximum atomic E-state index is 11.5. The lowest BCUT2D eigenvalue weighted by atomic mass is 10.3. The molecule has 1 amide bonds. The Morgan fingerprint density at radius 2 is 2.00 bits per heavy atom. The average Bonchev–Trinajstić information content (AvgIpc) is 1.83. The topological polar surface area (TPSA) is 29.1 Å². The van der Waals surface area contributed by atoms with E-state index in [1.165, 1.54) is 0 Å². The van der Waals surface area contributed by atoms with Crippen LogP contribution in [0.4, 0.5) is 13.2 Å². The van der Waals surface area contributed by atoms with Crippen molar-refractivity contribution in [3.05, 3.63) is 0 Å². The van der Waals surface area contributed by atoms with E-state index < -0.39 is 24.9 Å². The second-order valence-electron chi connectivity index (χ2n) is 2.07. The Labute approximate surface area is 62.8 Å². The first kappa shape index (κ1) is 10.3. The van der Waals surface area contributed by atoms with Crippen molar-refractivity contribution in [3.8, 4) is 0 Å². The summed E-state index contributed by atoms with van der Waals surface area (Å²) < 4.78 is 34.4. The average molecular weight is 169 g/mol. The Morgan fingerprint density at radius 1 is 1.45 bits per heavy atom. The van der Waals surface area contributed by atoms with Crippen molar-refractivity contribution in [2.75, 3.05) is 6.54 Å². The lowest BCUT2D eigenvalue weighted by Crippen LogP contribution is -2.24. The summed E-state index contributed by atoms with van der Waals surface area (Å²) in [5.74, 6) is -0.551. The molecule has 0 aliphatic heterocycles. The normalized spacial score (nSPS) is 11.3. The van der Waals surface area contributed by atoms with Gasteiger partial charge in [0.05, 0.1) is 6.42 Å².